The van der Waals surface area contributed by atoms with Gasteiger partial charge in [0.05, 0.1) is 10.1 Å². The molecule has 0 aromatic carbocycles. The molecule has 1 saturated carbocycles. The van der Waals surface area contributed by atoms with Crippen molar-refractivity contribution >= 4 is 10.1 Å². The molecule has 0 heterocycles. The lowest BCUT2D eigenvalue weighted by atomic mass is 10.0. The molecule has 0 aromatic rings. The Balaban J connectivity index is 2.60. The molecular weight excluding hydrogens is 128 g/mol. The summed E-state index contributed by atoms with van der Waals surface area (Å²) in [7, 11) is -3.92. The highest BCUT2D eigenvalue weighted by molar-refractivity contribution is 7.86. The minimum absolute atomic E-state index is 0.553. The molecule has 0 aromatic heterocycles. The lowest BCUT2D eigenvalue weighted by Crippen LogP contribution is -2.27. The van der Waals surface area contributed by atoms with E-state index in [0.29, 0.717) is 12.8 Å². The molecule has 1 fully saturated rings. The van der Waals surface area contributed by atoms with Crippen molar-refractivity contribution in [2.45, 2.75) is 24.5 Å². The van der Waals surface area contributed by atoms with Gasteiger partial charge in [-0.25, -0.2) is 8.42 Å². The van der Waals surface area contributed by atoms with Crippen molar-refractivity contribution < 1.29 is 13.0 Å². The van der Waals surface area contributed by atoms with Gasteiger partial charge in [0, 0.05) is 5.25 Å². The molecule has 0 saturated heterocycles. The van der Waals surface area contributed by atoms with E-state index in [0.717, 1.165) is 6.42 Å². The molecule has 0 aliphatic heterocycles. The van der Waals surface area contributed by atoms with Gasteiger partial charge in [-0.3, -0.25) is 0 Å². The predicted molar refractivity (Wildman–Crippen MR) is 27.3 cm³/mol. The van der Waals surface area contributed by atoms with Crippen LogP contribution in [0.3, 0.4) is 0 Å². The Kier molecular flexibility index (Phi) is 1.28. The molecule has 8 heavy (non-hydrogen) atoms. The van der Waals surface area contributed by atoms with Crippen LogP contribution in [-0.2, 0) is 10.1 Å². The number of rotatable bonds is 1. The van der Waals surface area contributed by atoms with Crippen molar-refractivity contribution in [1.29, 1.82) is 0 Å². The number of hydrogen-bond acceptors (Lipinski definition) is 3. The lowest BCUT2D eigenvalue weighted by molar-refractivity contribution is 0.401. The van der Waals surface area contributed by atoms with Crippen LogP contribution in [0, 0.1) is 0 Å². The topological polar surface area (TPSA) is 57.2 Å². The van der Waals surface area contributed by atoms with Crippen LogP contribution >= 0.6 is 0 Å². The Morgan fingerprint density at radius 1 is 1.38 bits per heavy atom. The largest absolute Gasteiger partial charge is 0.748 e. The summed E-state index contributed by atoms with van der Waals surface area (Å²) in [6.07, 6.45) is 2.05. The third-order valence-corrected chi connectivity index (χ3v) is 2.75. The first-order chi connectivity index (χ1) is 3.61. The third-order valence-electron chi connectivity index (χ3n) is 1.46. The lowest BCUT2D eigenvalue weighted by Gasteiger charge is -2.27. The maximum atomic E-state index is 10.1. The highest BCUT2D eigenvalue weighted by Crippen LogP contribution is 2.24. The molecule has 1 aliphatic carbocycles. The van der Waals surface area contributed by atoms with Gasteiger partial charge < -0.3 is 4.55 Å². The first-order valence-electron chi connectivity index (χ1n) is 2.55. The van der Waals surface area contributed by atoms with Crippen LogP contribution in [0.2, 0.25) is 0 Å². The fraction of sp³-hybridized carbons (Fsp3) is 1.00. The molecule has 48 valence electrons. The Morgan fingerprint density at radius 2 is 1.88 bits per heavy atom. The van der Waals surface area contributed by atoms with Crippen LogP contribution in [0.25, 0.3) is 0 Å². The quantitative estimate of drug-likeness (QED) is 0.478. The van der Waals surface area contributed by atoms with Gasteiger partial charge in [-0.05, 0) is 12.8 Å². The average molecular weight is 135 g/mol. The van der Waals surface area contributed by atoms with Crippen molar-refractivity contribution in [3.8, 4) is 0 Å². The normalized spacial score (nSPS) is 22.6. The highest BCUT2D eigenvalue weighted by Gasteiger charge is 2.23. The minimum atomic E-state index is -3.92. The Hall–Kier alpha value is -0.0900. The highest BCUT2D eigenvalue weighted by atomic mass is 32.2. The average Bonchev–Trinajstić information content (AvgIpc) is 1.16. The van der Waals surface area contributed by atoms with Crippen LogP contribution in [-0.4, -0.2) is 18.2 Å². The van der Waals surface area contributed by atoms with Gasteiger partial charge in [-0.15, -0.1) is 0 Å². The first-order valence-corrected chi connectivity index (χ1v) is 4.02. The van der Waals surface area contributed by atoms with Crippen LogP contribution < -0.4 is 0 Å². The van der Waals surface area contributed by atoms with Crippen molar-refractivity contribution in [2.75, 3.05) is 0 Å². The summed E-state index contributed by atoms with van der Waals surface area (Å²) in [5.41, 5.74) is 0. The zero-order valence-electron chi connectivity index (χ0n) is 4.33. The van der Waals surface area contributed by atoms with Crippen molar-refractivity contribution in [1.82, 2.24) is 0 Å². The monoisotopic (exact) mass is 135 g/mol. The van der Waals surface area contributed by atoms with E-state index in [1.165, 1.54) is 0 Å². The van der Waals surface area contributed by atoms with E-state index in [-0.39, 0.29) is 0 Å². The summed E-state index contributed by atoms with van der Waals surface area (Å²) < 4.78 is 30.2. The molecule has 0 radical (unpaired) electrons. The SMILES string of the molecule is O=S(=O)([O-])C1CCC1. The summed E-state index contributed by atoms with van der Waals surface area (Å²) in [5, 5.41) is -0.553. The minimum Gasteiger partial charge on any atom is -0.748 e. The van der Waals surface area contributed by atoms with Gasteiger partial charge in [0.25, 0.3) is 0 Å². The Bertz CT molecular complexity index is 166. The number of hydrogen-bond donors (Lipinski definition) is 0. The zero-order valence-corrected chi connectivity index (χ0v) is 5.15. The smallest absolute Gasteiger partial charge is 0.0975 e. The molecular formula is C4H7O3S-. The molecule has 0 amide bonds. The fourth-order valence-electron chi connectivity index (χ4n) is 0.659. The zero-order chi connectivity index (χ0) is 6.20. The molecule has 4 heteroatoms. The Morgan fingerprint density at radius 3 is 1.88 bits per heavy atom. The second-order valence-corrected chi connectivity index (χ2v) is 3.70. The first kappa shape index (κ1) is 6.04. The summed E-state index contributed by atoms with van der Waals surface area (Å²) in [6, 6.07) is 0. The molecule has 0 bridgehead atoms. The standard InChI is InChI=1S/C4H8O3S/c5-8(6,7)4-2-1-3-4/h4H,1-3H2,(H,5,6,7)/p-1. The van der Waals surface area contributed by atoms with Crippen LogP contribution in [0.4, 0.5) is 0 Å². The molecule has 1 aliphatic rings. The van der Waals surface area contributed by atoms with Gasteiger partial charge >= 0.3 is 0 Å². The van der Waals surface area contributed by atoms with E-state index in [4.69, 9.17) is 0 Å². The molecule has 0 N–H and O–H groups in total. The van der Waals surface area contributed by atoms with E-state index in [2.05, 4.69) is 0 Å². The second kappa shape index (κ2) is 1.70. The van der Waals surface area contributed by atoms with Crippen molar-refractivity contribution in [2.24, 2.45) is 0 Å². The third kappa shape index (κ3) is 1.00. The maximum Gasteiger partial charge on any atom is 0.0975 e. The molecule has 0 spiro atoms. The van der Waals surface area contributed by atoms with E-state index in [1.807, 2.05) is 0 Å². The van der Waals surface area contributed by atoms with Crippen LogP contribution in [0.5, 0.6) is 0 Å². The summed E-state index contributed by atoms with van der Waals surface area (Å²) in [4.78, 5) is 0. The van der Waals surface area contributed by atoms with E-state index < -0.39 is 15.4 Å². The second-order valence-electron chi connectivity index (χ2n) is 2.05. The van der Waals surface area contributed by atoms with Gasteiger partial charge in [0.1, 0.15) is 0 Å². The summed E-state index contributed by atoms with van der Waals surface area (Å²) >= 11 is 0. The van der Waals surface area contributed by atoms with Crippen LogP contribution in [0.15, 0.2) is 0 Å². The van der Waals surface area contributed by atoms with Gasteiger partial charge in [-0.1, -0.05) is 6.42 Å². The molecule has 3 nitrogen and oxygen atoms in total. The van der Waals surface area contributed by atoms with Crippen LogP contribution in [0.1, 0.15) is 19.3 Å². The summed E-state index contributed by atoms with van der Waals surface area (Å²) in [6.45, 7) is 0. The fourth-order valence-corrected chi connectivity index (χ4v) is 1.57. The van der Waals surface area contributed by atoms with Crippen molar-refractivity contribution in [3.63, 3.8) is 0 Å². The Labute approximate surface area is 48.5 Å². The van der Waals surface area contributed by atoms with E-state index in [9.17, 15) is 13.0 Å². The van der Waals surface area contributed by atoms with Gasteiger partial charge in [0.15, 0.2) is 0 Å². The molecule has 0 atom stereocenters. The van der Waals surface area contributed by atoms with Gasteiger partial charge in [0.2, 0.25) is 0 Å². The van der Waals surface area contributed by atoms with Gasteiger partial charge in [-0.2, -0.15) is 0 Å². The maximum absolute atomic E-state index is 10.1. The van der Waals surface area contributed by atoms with Crippen molar-refractivity contribution in [3.05, 3.63) is 0 Å². The molecule has 0 unspecified atom stereocenters. The molecule has 1 rings (SSSR count). The summed E-state index contributed by atoms with van der Waals surface area (Å²) in [5.74, 6) is 0. The predicted octanol–water partition coefficient (Wildman–Crippen LogP) is 0.0841. The van der Waals surface area contributed by atoms with E-state index in [1.54, 1.807) is 0 Å². The van der Waals surface area contributed by atoms with E-state index >= 15 is 0 Å².